The number of hydrogen-bond acceptors (Lipinski definition) is 5. The van der Waals surface area contributed by atoms with Crippen molar-refractivity contribution in [3.05, 3.63) is 82.5 Å². The van der Waals surface area contributed by atoms with E-state index in [1.165, 1.54) is 6.20 Å². The van der Waals surface area contributed by atoms with E-state index in [0.717, 1.165) is 23.4 Å². The number of fused-ring (bicyclic) bond motifs is 2. The lowest BCUT2D eigenvalue weighted by Gasteiger charge is -2.26. The van der Waals surface area contributed by atoms with Crippen molar-refractivity contribution in [3.8, 4) is 11.4 Å². The molecule has 2 aromatic carbocycles. The van der Waals surface area contributed by atoms with E-state index in [1.807, 2.05) is 54.6 Å². The summed E-state index contributed by atoms with van der Waals surface area (Å²) in [5.74, 6) is 1.17. The van der Waals surface area contributed by atoms with Crippen molar-refractivity contribution in [1.82, 2.24) is 25.1 Å². The normalized spacial score (nSPS) is 15.3. The second-order valence-corrected chi connectivity index (χ2v) is 7.44. The zero-order valence-corrected chi connectivity index (χ0v) is 16.7. The van der Waals surface area contributed by atoms with Gasteiger partial charge >= 0.3 is 0 Å². The van der Waals surface area contributed by atoms with Crippen molar-refractivity contribution in [2.24, 2.45) is 0 Å². The summed E-state index contributed by atoms with van der Waals surface area (Å²) in [5, 5.41) is 7.79. The molecule has 8 nitrogen and oxygen atoms in total. The lowest BCUT2D eigenvalue weighted by Crippen LogP contribution is -2.32. The van der Waals surface area contributed by atoms with E-state index in [4.69, 9.17) is 4.74 Å². The third kappa shape index (κ3) is 3.79. The predicted octanol–water partition coefficient (Wildman–Crippen LogP) is 2.68. The number of aryl methyl sites for hydroxylation is 1. The molecule has 5 rings (SSSR count). The molecule has 0 bridgehead atoms. The minimum absolute atomic E-state index is 0.0774. The first-order valence-electron chi connectivity index (χ1n) is 10.2. The monoisotopic (exact) mass is 415 g/mol. The minimum atomic E-state index is -0.263. The van der Waals surface area contributed by atoms with E-state index in [9.17, 15) is 9.59 Å². The molecule has 4 aromatic rings. The number of amides is 1. The summed E-state index contributed by atoms with van der Waals surface area (Å²) in [6.45, 7) is 0.566. The number of nitrogens with zero attached hydrogens (tertiary/aromatic N) is 3. The summed E-state index contributed by atoms with van der Waals surface area (Å²) in [6.07, 6.45) is 2.77. The average Bonchev–Trinajstić information content (AvgIpc) is 3.23. The first kappa shape index (κ1) is 19.0. The standard InChI is InChI=1S/C23H21N5O3/c29-21(25-18-12-13-31-19-9-5-4-8-16(18)19)11-10-20-26-22-17(23(30)27-20)14-24-28(22)15-6-2-1-3-7-15/h1-9,14,18H,10-13H2,(H,25,29)(H,26,27,30). The third-order valence-corrected chi connectivity index (χ3v) is 5.37. The van der Waals surface area contributed by atoms with Crippen molar-refractivity contribution in [1.29, 1.82) is 0 Å². The lowest BCUT2D eigenvalue weighted by atomic mass is 10.0. The van der Waals surface area contributed by atoms with Crippen LogP contribution in [0.1, 0.15) is 30.3 Å². The summed E-state index contributed by atoms with van der Waals surface area (Å²) in [4.78, 5) is 32.4. The largest absolute Gasteiger partial charge is 0.493 e. The number of ether oxygens (including phenoxy) is 1. The zero-order valence-electron chi connectivity index (χ0n) is 16.7. The number of carbonyl (C=O) groups excluding carboxylic acids is 1. The van der Waals surface area contributed by atoms with Gasteiger partial charge in [0.05, 0.1) is 24.5 Å². The second-order valence-electron chi connectivity index (χ2n) is 7.44. The van der Waals surface area contributed by atoms with Crippen LogP contribution in [0, 0.1) is 0 Å². The van der Waals surface area contributed by atoms with Gasteiger partial charge in [0.1, 0.15) is 17.0 Å². The molecule has 3 heterocycles. The Bertz CT molecular complexity index is 1300. The Morgan fingerprint density at radius 1 is 1.16 bits per heavy atom. The van der Waals surface area contributed by atoms with Crippen molar-refractivity contribution >= 4 is 16.9 Å². The van der Waals surface area contributed by atoms with Gasteiger partial charge in [-0.1, -0.05) is 36.4 Å². The fourth-order valence-corrected chi connectivity index (χ4v) is 3.83. The van der Waals surface area contributed by atoms with Crippen LogP contribution in [-0.2, 0) is 11.2 Å². The van der Waals surface area contributed by atoms with Crippen LogP contribution in [0.15, 0.2) is 65.6 Å². The summed E-state index contributed by atoms with van der Waals surface area (Å²) >= 11 is 0. The van der Waals surface area contributed by atoms with Gasteiger partial charge in [-0.05, 0) is 18.2 Å². The minimum Gasteiger partial charge on any atom is -0.493 e. The van der Waals surface area contributed by atoms with Crippen LogP contribution in [0.25, 0.3) is 16.7 Å². The van der Waals surface area contributed by atoms with Gasteiger partial charge in [0.2, 0.25) is 5.91 Å². The van der Waals surface area contributed by atoms with E-state index in [1.54, 1.807) is 4.68 Å². The molecule has 0 saturated carbocycles. The number of para-hydroxylation sites is 2. The molecule has 1 amide bonds. The highest BCUT2D eigenvalue weighted by molar-refractivity contribution is 5.77. The third-order valence-electron chi connectivity index (χ3n) is 5.37. The lowest BCUT2D eigenvalue weighted by molar-refractivity contribution is -0.122. The number of hydrogen-bond donors (Lipinski definition) is 2. The molecule has 0 aliphatic carbocycles. The highest BCUT2D eigenvalue weighted by atomic mass is 16.5. The molecule has 1 atom stereocenters. The van der Waals surface area contributed by atoms with E-state index in [0.29, 0.717) is 29.9 Å². The fourth-order valence-electron chi connectivity index (χ4n) is 3.83. The maximum atomic E-state index is 12.6. The Hall–Kier alpha value is -3.94. The van der Waals surface area contributed by atoms with E-state index < -0.39 is 0 Å². The highest BCUT2D eigenvalue weighted by Crippen LogP contribution is 2.31. The summed E-state index contributed by atoms with van der Waals surface area (Å²) in [6, 6.07) is 17.2. The molecule has 1 aliphatic heterocycles. The van der Waals surface area contributed by atoms with Crippen LogP contribution in [0.5, 0.6) is 5.75 Å². The number of aromatic amines is 1. The summed E-state index contributed by atoms with van der Waals surface area (Å²) < 4.78 is 7.28. The van der Waals surface area contributed by atoms with Crippen molar-refractivity contribution < 1.29 is 9.53 Å². The molecule has 1 aliphatic rings. The molecular weight excluding hydrogens is 394 g/mol. The molecule has 8 heteroatoms. The molecule has 0 spiro atoms. The maximum Gasteiger partial charge on any atom is 0.262 e. The van der Waals surface area contributed by atoms with Crippen LogP contribution in [-0.4, -0.2) is 32.3 Å². The Kier molecular flexibility index (Phi) is 4.95. The van der Waals surface area contributed by atoms with Crippen LogP contribution in [0.2, 0.25) is 0 Å². The molecule has 1 unspecified atom stereocenters. The first-order chi connectivity index (χ1) is 15.2. The Morgan fingerprint density at radius 2 is 1.97 bits per heavy atom. The molecule has 0 fully saturated rings. The number of benzene rings is 2. The first-order valence-corrected chi connectivity index (χ1v) is 10.2. The van der Waals surface area contributed by atoms with Gasteiger partial charge in [-0.15, -0.1) is 0 Å². The van der Waals surface area contributed by atoms with E-state index >= 15 is 0 Å². The quantitative estimate of drug-likeness (QED) is 0.522. The SMILES string of the molecule is O=C(CCc1nc2c(cnn2-c2ccccc2)c(=O)[nH]1)NC1CCOc2ccccc21. The number of rotatable bonds is 5. The van der Waals surface area contributed by atoms with E-state index in [-0.39, 0.29) is 23.9 Å². The molecule has 0 radical (unpaired) electrons. The van der Waals surface area contributed by atoms with Gasteiger partial charge in [0.25, 0.3) is 5.56 Å². The van der Waals surface area contributed by atoms with Crippen LogP contribution >= 0.6 is 0 Å². The van der Waals surface area contributed by atoms with Crippen LogP contribution in [0.4, 0.5) is 0 Å². The van der Waals surface area contributed by atoms with Crippen LogP contribution < -0.4 is 15.6 Å². The summed E-state index contributed by atoms with van der Waals surface area (Å²) in [5.41, 5.74) is 2.02. The van der Waals surface area contributed by atoms with Crippen molar-refractivity contribution in [2.45, 2.75) is 25.3 Å². The fraction of sp³-hybridized carbons (Fsp3) is 0.217. The predicted molar refractivity (Wildman–Crippen MR) is 115 cm³/mol. The number of nitrogens with one attached hydrogen (secondary N) is 2. The van der Waals surface area contributed by atoms with Gasteiger partial charge < -0.3 is 15.0 Å². The molecule has 31 heavy (non-hydrogen) atoms. The highest BCUT2D eigenvalue weighted by Gasteiger charge is 2.22. The summed E-state index contributed by atoms with van der Waals surface area (Å²) in [7, 11) is 0. The second kappa shape index (κ2) is 8.06. The zero-order chi connectivity index (χ0) is 21.2. The van der Waals surface area contributed by atoms with Crippen LogP contribution in [0.3, 0.4) is 0 Å². The van der Waals surface area contributed by atoms with Crippen molar-refractivity contribution in [2.75, 3.05) is 6.61 Å². The molecular formula is C23H21N5O3. The molecule has 2 N–H and O–H groups in total. The molecule has 2 aromatic heterocycles. The number of aromatic nitrogens is 4. The van der Waals surface area contributed by atoms with Crippen molar-refractivity contribution in [3.63, 3.8) is 0 Å². The molecule has 0 saturated heterocycles. The maximum absolute atomic E-state index is 12.6. The van der Waals surface area contributed by atoms with Gasteiger partial charge in [0.15, 0.2) is 5.65 Å². The average molecular weight is 415 g/mol. The topological polar surface area (TPSA) is 102 Å². The van der Waals surface area contributed by atoms with Gasteiger partial charge in [0, 0.05) is 24.8 Å². The van der Waals surface area contributed by atoms with Gasteiger partial charge in [-0.25, -0.2) is 9.67 Å². The Morgan fingerprint density at radius 3 is 2.84 bits per heavy atom. The molecule has 156 valence electrons. The smallest absolute Gasteiger partial charge is 0.262 e. The number of carbonyl (C=O) groups is 1. The van der Waals surface area contributed by atoms with E-state index in [2.05, 4.69) is 20.4 Å². The van der Waals surface area contributed by atoms with Gasteiger partial charge in [-0.2, -0.15) is 5.10 Å². The van der Waals surface area contributed by atoms with Gasteiger partial charge in [-0.3, -0.25) is 9.59 Å². The Labute approximate surface area is 177 Å². The number of H-pyrrole nitrogens is 1. The Balaban J connectivity index is 1.32.